The van der Waals surface area contributed by atoms with Gasteiger partial charge < -0.3 is 16.4 Å². The van der Waals surface area contributed by atoms with E-state index in [1.807, 2.05) is 0 Å². The fraction of sp³-hybridized carbons (Fsp3) is 0.0667. The summed E-state index contributed by atoms with van der Waals surface area (Å²) >= 11 is 5.65. The van der Waals surface area contributed by atoms with Crippen molar-refractivity contribution in [3.05, 3.63) is 64.4 Å². The van der Waals surface area contributed by atoms with Gasteiger partial charge >= 0.3 is 6.03 Å². The molecule has 0 aromatic heterocycles. The molecule has 0 aliphatic rings. The number of hydrogen-bond donors (Lipinski definition) is 3. The third-order valence-corrected chi connectivity index (χ3v) is 3.15. The van der Waals surface area contributed by atoms with Crippen molar-refractivity contribution in [1.29, 1.82) is 0 Å². The minimum Gasteiger partial charge on any atom is -0.352 e. The molecule has 0 unspecified atom stereocenters. The van der Waals surface area contributed by atoms with Crippen LogP contribution in [0.3, 0.4) is 0 Å². The van der Waals surface area contributed by atoms with Crippen molar-refractivity contribution < 1.29 is 14.0 Å². The maximum atomic E-state index is 13.0. The number of hydrogen-bond acceptors (Lipinski definition) is 2. The van der Waals surface area contributed by atoms with E-state index >= 15 is 0 Å². The first-order valence-electron chi connectivity index (χ1n) is 6.34. The maximum Gasteiger partial charge on any atom is 0.312 e. The molecular formula is C15H13ClFN3O2. The molecule has 22 heavy (non-hydrogen) atoms. The van der Waals surface area contributed by atoms with Crippen molar-refractivity contribution in [1.82, 2.24) is 5.32 Å². The van der Waals surface area contributed by atoms with E-state index in [9.17, 15) is 14.0 Å². The van der Waals surface area contributed by atoms with Gasteiger partial charge in [0.15, 0.2) is 0 Å². The van der Waals surface area contributed by atoms with Gasteiger partial charge in [-0.15, -0.1) is 0 Å². The summed E-state index contributed by atoms with van der Waals surface area (Å²) in [6, 6.07) is 9.93. The monoisotopic (exact) mass is 321 g/mol. The lowest BCUT2D eigenvalue weighted by Crippen LogP contribution is -2.28. The molecule has 0 heterocycles. The molecule has 4 N–H and O–H groups in total. The molecule has 0 radical (unpaired) electrons. The molecule has 0 atom stereocenters. The Morgan fingerprint density at radius 3 is 2.41 bits per heavy atom. The molecule has 0 saturated carbocycles. The molecule has 2 aromatic rings. The van der Waals surface area contributed by atoms with Gasteiger partial charge in [0.25, 0.3) is 5.91 Å². The van der Waals surface area contributed by atoms with Crippen LogP contribution in [0, 0.1) is 5.82 Å². The first-order valence-corrected chi connectivity index (χ1v) is 6.72. The second kappa shape index (κ2) is 6.91. The summed E-state index contributed by atoms with van der Waals surface area (Å²) in [5.41, 5.74) is 6.60. The molecule has 0 bridgehead atoms. The standard InChI is InChI=1S/C15H13ClFN3O2/c16-12-7-11(5-6-13(12)17)20-14(21)10-3-1-9(2-4-10)8-19-15(18)22/h1-7H,8H2,(H,20,21)(H3,18,19,22). The maximum absolute atomic E-state index is 13.0. The third-order valence-electron chi connectivity index (χ3n) is 2.86. The van der Waals surface area contributed by atoms with Gasteiger partial charge in [0.2, 0.25) is 0 Å². The first kappa shape index (κ1) is 15.8. The van der Waals surface area contributed by atoms with E-state index in [-0.39, 0.29) is 17.5 Å². The molecule has 2 aromatic carbocycles. The number of halogens is 2. The summed E-state index contributed by atoms with van der Waals surface area (Å²) in [5, 5.41) is 5.00. The number of anilines is 1. The molecule has 114 valence electrons. The topological polar surface area (TPSA) is 84.2 Å². The number of amides is 3. The van der Waals surface area contributed by atoms with E-state index in [0.717, 1.165) is 5.56 Å². The third kappa shape index (κ3) is 4.20. The number of benzene rings is 2. The van der Waals surface area contributed by atoms with E-state index in [1.54, 1.807) is 24.3 Å². The number of rotatable bonds is 4. The van der Waals surface area contributed by atoms with Gasteiger partial charge in [0.1, 0.15) is 5.82 Å². The Bertz CT molecular complexity index is 704. The SMILES string of the molecule is NC(=O)NCc1ccc(C(=O)Nc2ccc(F)c(Cl)c2)cc1. The van der Waals surface area contributed by atoms with Gasteiger partial charge in [0, 0.05) is 17.8 Å². The Morgan fingerprint density at radius 1 is 1.14 bits per heavy atom. The van der Waals surface area contributed by atoms with Crippen LogP contribution in [0.15, 0.2) is 42.5 Å². The van der Waals surface area contributed by atoms with Crippen molar-refractivity contribution in [2.75, 3.05) is 5.32 Å². The number of carbonyl (C=O) groups excluding carboxylic acids is 2. The highest BCUT2D eigenvalue weighted by Gasteiger charge is 2.08. The Balaban J connectivity index is 2.03. The molecule has 0 fully saturated rings. The van der Waals surface area contributed by atoms with Crippen LogP contribution in [0.5, 0.6) is 0 Å². The Morgan fingerprint density at radius 2 is 1.82 bits per heavy atom. The first-order chi connectivity index (χ1) is 10.5. The van der Waals surface area contributed by atoms with Crippen LogP contribution in [0.2, 0.25) is 5.02 Å². The van der Waals surface area contributed by atoms with Crippen LogP contribution in [0.4, 0.5) is 14.9 Å². The highest BCUT2D eigenvalue weighted by molar-refractivity contribution is 6.31. The smallest absolute Gasteiger partial charge is 0.312 e. The highest BCUT2D eigenvalue weighted by Crippen LogP contribution is 2.20. The Hall–Kier alpha value is -2.60. The molecule has 7 heteroatoms. The average molecular weight is 322 g/mol. The molecule has 0 aliphatic carbocycles. The van der Waals surface area contributed by atoms with E-state index in [0.29, 0.717) is 11.3 Å². The number of nitrogens with one attached hydrogen (secondary N) is 2. The number of carbonyl (C=O) groups is 2. The molecular weight excluding hydrogens is 309 g/mol. The predicted molar refractivity (Wildman–Crippen MR) is 82.2 cm³/mol. The predicted octanol–water partition coefficient (Wildman–Crippen LogP) is 2.90. The zero-order valence-corrected chi connectivity index (χ0v) is 12.2. The van der Waals surface area contributed by atoms with Gasteiger partial charge in [-0.2, -0.15) is 0 Å². The lowest BCUT2D eigenvalue weighted by molar-refractivity contribution is 0.102. The Labute approximate surface area is 131 Å². The van der Waals surface area contributed by atoms with Crippen LogP contribution < -0.4 is 16.4 Å². The van der Waals surface area contributed by atoms with Gasteiger partial charge in [-0.1, -0.05) is 23.7 Å². The summed E-state index contributed by atoms with van der Waals surface area (Å²) in [5.74, 6) is -0.900. The minimum absolute atomic E-state index is 0.0642. The summed E-state index contributed by atoms with van der Waals surface area (Å²) in [6.45, 7) is 0.283. The second-order valence-electron chi connectivity index (χ2n) is 4.50. The fourth-order valence-corrected chi connectivity index (χ4v) is 1.92. The van der Waals surface area contributed by atoms with Gasteiger partial charge in [-0.25, -0.2) is 9.18 Å². The summed E-state index contributed by atoms with van der Waals surface area (Å²) in [7, 11) is 0. The second-order valence-corrected chi connectivity index (χ2v) is 4.90. The summed E-state index contributed by atoms with van der Waals surface area (Å²) in [6.07, 6.45) is 0. The van der Waals surface area contributed by atoms with Gasteiger partial charge in [0.05, 0.1) is 5.02 Å². The molecule has 5 nitrogen and oxygen atoms in total. The summed E-state index contributed by atoms with van der Waals surface area (Å²) in [4.78, 5) is 22.7. The fourth-order valence-electron chi connectivity index (χ4n) is 1.74. The van der Waals surface area contributed by atoms with Gasteiger partial charge in [-0.3, -0.25) is 4.79 Å². The average Bonchev–Trinajstić information content (AvgIpc) is 2.49. The molecule has 0 saturated heterocycles. The molecule has 3 amide bonds. The zero-order chi connectivity index (χ0) is 16.1. The van der Waals surface area contributed by atoms with E-state index in [4.69, 9.17) is 17.3 Å². The molecule has 0 aliphatic heterocycles. The lowest BCUT2D eigenvalue weighted by Gasteiger charge is -2.07. The van der Waals surface area contributed by atoms with Crippen LogP contribution >= 0.6 is 11.6 Å². The van der Waals surface area contributed by atoms with Crippen LogP contribution in [-0.2, 0) is 6.54 Å². The van der Waals surface area contributed by atoms with Crippen molar-refractivity contribution in [2.45, 2.75) is 6.54 Å². The molecule has 2 rings (SSSR count). The van der Waals surface area contributed by atoms with Crippen molar-refractivity contribution in [3.8, 4) is 0 Å². The number of urea groups is 1. The van der Waals surface area contributed by atoms with Crippen LogP contribution in [-0.4, -0.2) is 11.9 Å². The zero-order valence-electron chi connectivity index (χ0n) is 11.4. The van der Waals surface area contributed by atoms with Crippen molar-refractivity contribution >= 4 is 29.2 Å². The molecule has 0 spiro atoms. The van der Waals surface area contributed by atoms with Crippen molar-refractivity contribution in [3.63, 3.8) is 0 Å². The van der Waals surface area contributed by atoms with Gasteiger partial charge in [-0.05, 0) is 35.9 Å². The minimum atomic E-state index is -0.616. The van der Waals surface area contributed by atoms with E-state index < -0.39 is 11.8 Å². The van der Waals surface area contributed by atoms with E-state index in [2.05, 4.69) is 10.6 Å². The number of nitrogens with two attached hydrogens (primary N) is 1. The van der Waals surface area contributed by atoms with E-state index in [1.165, 1.54) is 18.2 Å². The normalized spacial score (nSPS) is 10.1. The highest BCUT2D eigenvalue weighted by atomic mass is 35.5. The van der Waals surface area contributed by atoms with Crippen LogP contribution in [0.25, 0.3) is 0 Å². The summed E-state index contributed by atoms with van der Waals surface area (Å²) < 4.78 is 13.0. The van der Waals surface area contributed by atoms with Crippen LogP contribution in [0.1, 0.15) is 15.9 Å². The number of primary amides is 1. The largest absolute Gasteiger partial charge is 0.352 e. The Kier molecular flexibility index (Phi) is 4.95. The lowest BCUT2D eigenvalue weighted by atomic mass is 10.1. The van der Waals surface area contributed by atoms with Crippen molar-refractivity contribution in [2.24, 2.45) is 5.73 Å². The quantitative estimate of drug-likeness (QED) is 0.809.